The number of aryl methyl sites for hydroxylation is 1. The molecule has 0 unspecified atom stereocenters. The van der Waals surface area contributed by atoms with Gasteiger partial charge in [-0.2, -0.15) is 5.26 Å². The standard InChI is InChI=1S/C24H25ClN4O2S/c25-18-4-2-16(3-5-18)17-6-11-29(12-7-17)23-19(14-26)21(28-24(15-30)9-1-10-24)22-20(27-23)8-13-32(22)31/h2-6,30H,1,7-13,15H2,(H,27,28)/t32-/m1/s1. The topological polar surface area (TPSA) is 89.2 Å². The van der Waals surface area contributed by atoms with Gasteiger partial charge in [0.25, 0.3) is 0 Å². The highest BCUT2D eigenvalue weighted by molar-refractivity contribution is 7.85. The van der Waals surface area contributed by atoms with E-state index in [2.05, 4.69) is 22.4 Å². The van der Waals surface area contributed by atoms with Crippen LogP contribution >= 0.6 is 11.6 Å². The molecule has 0 amide bonds. The van der Waals surface area contributed by atoms with Gasteiger partial charge in [0, 0.05) is 30.3 Å². The molecule has 166 valence electrons. The molecule has 2 aromatic rings. The van der Waals surface area contributed by atoms with Crippen molar-refractivity contribution in [3.8, 4) is 6.07 Å². The summed E-state index contributed by atoms with van der Waals surface area (Å²) in [6.45, 7) is 1.38. The van der Waals surface area contributed by atoms with Crippen molar-refractivity contribution in [3.63, 3.8) is 0 Å². The highest BCUT2D eigenvalue weighted by Crippen LogP contribution is 2.42. The van der Waals surface area contributed by atoms with Gasteiger partial charge in [0.15, 0.2) is 0 Å². The summed E-state index contributed by atoms with van der Waals surface area (Å²) in [5.41, 5.74) is 3.83. The lowest BCUT2D eigenvalue weighted by molar-refractivity contribution is 0.144. The number of fused-ring (bicyclic) bond motifs is 1. The van der Waals surface area contributed by atoms with E-state index in [9.17, 15) is 14.6 Å². The second-order valence-electron chi connectivity index (χ2n) is 8.72. The van der Waals surface area contributed by atoms with E-state index in [0.717, 1.165) is 48.5 Å². The van der Waals surface area contributed by atoms with E-state index in [1.54, 1.807) is 0 Å². The summed E-state index contributed by atoms with van der Waals surface area (Å²) in [4.78, 5) is 7.60. The Balaban J connectivity index is 1.51. The largest absolute Gasteiger partial charge is 0.394 e. The van der Waals surface area contributed by atoms with Crippen LogP contribution in [-0.4, -0.2) is 45.3 Å². The Bertz CT molecular complexity index is 1150. The molecule has 2 N–H and O–H groups in total. The fourth-order valence-electron chi connectivity index (χ4n) is 4.74. The Hall–Kier alpha value is -2.40. The number of aliphatic hydroxyl groups is 1. The third-order valence-electron chi connectivity index (χ3n) is 6.79. The zero-order valence-electron chi connectivity index (χ0n) is 17.7. The molecular formula is C24H25ClN4O2S. The molecule has 5 rings (SSSR count). The Morgan fingerprint density at radius 2 is 2.06 bits per heavy atom. The number of aromatic nitrogens is 1. The highest BCUT2D eigenvalue weighted by atomic mass is 35.5. The van der Waals surface area contributed by atoms with E-state index >= 15 is 0 Å². The quantitative estimate of drug-likeness (QED) is 0.692. The average Bonchev–Trinajstić information content (AvgIpc) is 3.17. The van der Waals surface area contributed by atoms with Crippen LogP contribution in [0.5, 0.6) is 0 Å². The van der Waals surface area contributed by atoms with Crippen molar-refractivity contribution >= 4 is 39.5 Å². The molecular weight excluding hydrogens is 444 g/mol. The number of benzene rings is 1. The van der Waals surface area contributed by atoms with Crippen LogP contribution in [-0.2, 0) is 17.2 Å². The van der Waals surface area contributed by atoms with Crippen molar-refractivity contribution in [2.45, 2.75) is 42.5 Å². The van der Waals surface area contributed by atoms with Crippen LogP contribution in [0.25, 0.3) is 5.57 Å². The molecule has 3 aliphatic rings. The van der Waals surface area contributed by atoms with Gasteiger partial charge in [-0.25, -0.2) is 4.98 Å². The maximum atomic E-state index is 12.8. The maximum absolute atomic E-state index is 12.8. The van der Waals surface area contributed by atoms with Crippen molar-refractivity contribution in [1.82, 2.24) is 4.98 Å². The van der Waals surface area contributed by atoms with Crippen molar-refractivity contribution in [2.75, 3.05) is 35.7 Å². The van der Waals surface area contributed by atoms with Gasteiger partial charge in [0.2, 0.25) is 0 Å². The van der Waals surface area contributed by atoms with Crippen molar-refractivity contribution in [3.05, 3.63) is 52.2 Å². The van der Waals surface area contributed by atoms with Crippen molar-refractivity contribution in [1.29, 1.82) is 5.26 Å². The minimum absolute atomic E-state index is 0.00611. The molecule has 3 heterocycles. The van der Waals surface area contributed by atoms with Crippen LogP contribution < -0.4 is 10.2 Å². The van der Waals surface area contributed by atoms with Crippen LogP contribution in [0, 0.1) is 11.3 Å². The fraction of sp³-hybridized carbons (Fsp3) is 0.417. The van der Waals surface area contributed by atoms with E-state index in [1.165, 1.54) is 5.57 Å². The monoisotopic (exact) mass is 468 g/mol. The van der Waals surface area contributed by atoms with E-state index in [0.29, 0.717) is 40.7 Å². The van der Waals surface area contributed by atoms with E-state index < -0.39 is 16.3 Å². The molecule has 0 spiro atoms. The first-order valence-corrected chi connectivity index (χ1v) is 12.7. The summed E-state index contributed by atoms with van der Waals surface area (Å²) >= 11 is 6.02. The van der Waals surface area contributed by atoms with Gasteiger partial charge in [-0.15, -0.1) is 0 Å². The number of pyridine rings is 1. The van der Waals surface area contributed by atoms with Crippen LogP contribution in [0.15, 0.2) is 35.2 Å². The molecule has 1 aromatic carbocycles. The average molecular weight is 469 g/mol. The summed E-state index contributed by atoms with van der Waals surface area (Å²) in [5.74, 6) is 1.17. The van der Waals surface area contributed by atoms with Gasteiger partial charge in [-0.1, -0.05) is 29.8 Å². The lowest BCUT2D eigenvalue weighted by Gasteiger charge is -2.42. The van der Waals surface area contributed by atoms with E-state index in [4.69, 9.17) is 16.6 Å². The maximum Gasteiger partial charge on any atom is 0.149 e. The van der Waals surface area contributed by atoms with Gasteiger partial charge in [-0.05, 0) is 49.0 Å². The highest BCUT2D eigenvalue weighted by Gasteiger charge is 2.40. The first-order chi connectivity index (χ1) is 15.5. The molecule has 1 fully saturated rings. The molecule has 32 heavy (non-hydrogen) atoms. The lowest BCUT2D eigenvalue weighted by Crippen LogP contribution is -2.48. The smallest absolute Gasteiger partial charge is 0.149 e. The second kappa shape index (κ2) is 8.51. The third-order valence-corrected chi connectivity index (χ3v) is 8.52. The number of aliphatic hydroxyl groups excluding tert-OH is 1. The second-order valence-corrected chi connectivity index (χ2v) is 10.7. The lowest BCUT2D eigenvalue weighted by atomic mass is 9.77. The molecule has 0 radical (unpaired) electrons. The fourth-order valence-corrected chi connectivity index (χ4v) is 6.24. The van der Waals surface area contributed by atoms with Crippen molar-refractivity contribution in [2.24, 2.45) is 0 Å². The molecule has 0 saturated heterocycles. The molecule has 1 saturated carbocycles. The molecule has 1 aromatic heterocycles. The van der Waals surface area contributed by atoms with Crippen LogP contribution in [0.3, 0.4) is 0 Å². The number of nitrogens with one attached hydrogen (secondary N) is 1. The summed E-state index contributed by atoms with van der Waals surface area (Å²) in [6.07, 6.45) is 6.36. The molecule has 6 nitrogen and oxygen atoms in total. The first-order valence-electron chi connectivity index (χ1n) is 11.0. The zero-order valence-corrected chi connectivity index (χ0v) is 19.3. The number of nitrogens with zero attached hydrogens (tertiary/aromatic N) is 3. The SMILES string of the molecule is N#Cc1c(N2CC=C(c3ccc(Cl)cc3)CC2)nc2c(c1NC1(CO)CCC1)[S@](=O)CC2. The van der Waals surface area contributed by atoms with Crippen LogP contribution in [0.1, 0.15) is 42.5 Å². The third kappa shape index (κ3) is 3.71. The minimum Gasteiger partial charge on any atom is -0.394 e. The Kier molecular flexibility index (Phi) is 5.70. The van der Waals surface area contributed by atoms with E-state index in [-0.39, 0.29) is 6.61 Å². The Morgan fingerprint density at radius 3 is 2.66 bits per heavy atom. The summed E-state index contributed by atoms with van der Waals surface area (Å²) in [5, 5.41) is 24.3. The number of nitriles is 1. The first kappa shape index (κ1) is 21.4. The molecule has 1 atom stereocenters. The molecule has 0 bridgehead atoms. The van der Waals surface area contributed by atoms with Crippen LogP contribution in [0.2, 0.25) is 5.02 Å². The summed E-state index contributed by atoms with van der Waals surface area (Å²) in [7, 11) is -1.18. The molecule has 2 aliphatic heterocycles. The molecule has 1 aliphatic carbocycles. The van der Waals surface area contributed by atoms with Crippen LogP contribution in [0.4, 0.5) is 11.5 Å². The number of rotatable bonds is 5. The number of hydrogen-bond acceptors (Lipinski definition) is 6. The number of anilines is 2. The summed E-state index contributed by atoms with van der Waals surface area (Å²) < 4.78 is 12.8. The van der Waals surface area contributed by atoms with Gasteiger partial charge in [0.1, 0.15) is 17.5 Å². The Morgan fingerprint density at radius 1 is 1.28 bits per heavy atom. The van der Waals surface area contributed by atoms with Crippen molar-refractivity contribution < 1.29 is 9.32 Å². The molecule has 8 heteroatoms. The summed E-state index contributed by atoms with van der Waals surface area (Å²) in [6, 6.07) is 10.2. The Labute approximate surface area is 195 Å². The van der Waals surface area contributed by atoms with Gasteiger partial charge in [-0.3, -0.25) is 4.21 Å². The van der Waals surface area contributed by atoms with Gasteiger partial charge < -0.3 is 15.3 Å². The number of hydrogen-bond donors (Lipinski definition) is 2. The van der Waals surface area contributed by atoms with E-state index in [1.807, 2.05) is 24.3 Å². The predicted molar refractivity (Wildman–Crippen MR) is 127 cm³/mol. The zero-order chi connectivity index (χ0) is 22.3. The normalized spacial score (nSPS) is 21.3. The minimum atomic E-state index is -1.18. The van der Waals surface area contributed by atoms with Gasteiger partial charge >= 0.3 is 0 Å². The number of halogens is 1. The van der Waals surface area contributed by atoms with Gasteiger partial charge in [0.05, 0.1) is 39.2 Å². The predicted octanol–water partition coefficient (Wildman–Crippen LogP) is 3.89.